The lowest BCUT2D eigenvalue weighted by atomic mass is 9.92. The highest BCUT2D eigenvalue weighted by Gasteiger charge is 2.27. The molecule has 4 N–H and O–H groups in total. The van der Waals surface area contributed by atoms with Crippen molar-refractivity contribution in [2.75, 3.05) is 24.8 Å². The van der Waals surface area contributed by atoms with Gasteiger partial charge < -0.3 is 25.3 Å². The van der Waals surface area contributed by atoms with Crippen LogP contribution in [0.4, 0.5) is 11.4 Å². The fourth-order valence-electron chi connectivity index (χ4n) is 4.61. The maximum Gasteiger partial charge on any atom is 0.351 e. The van der Waals surface area contributed by atoms with Gasteiger partial charge in [0, 0.05) is 23.0 Å². The number of esters is 2. The summed E-state index contributed by atoms with van der Waals surface area (Å²) in [5.74, 6) is -1.08. The highest BCUT2D eigenvalue weighted by molar-refractivity contribution is 7.78. The van der Waals surface area contributed by atoms with E-state index in [9.17, 15) is 9.59 Å². The average molecular weight is 648 g/mol. The number of carbonyl (C=O) groups excluding carboxylic acids is 2. The van der Waals surface area contributed by atoms with E-state index in [2.05, 4.69) is 42.8 Å². The van der Waals surface area contributed by atoms with Crippen LogP contribution in [0.1, 0.15) is 69.1 Å². The highest BCUT2D eigenvalue weighted by atomic mass is 35.5. The van der Waals surface area contributed by atoms with Gasteiger partial charge in [-0.3, -0.25) is 4.72 Å². The molecular weight excluding hydrogens is 606 g/mol. The van der Waals surface area contributed by atoms with Gasteiger partial charge in [0.1, 0.15) is 10.6 Å². The summed E-state index contributed by atoms with van der Waals surface area (Å²) in [6.07, 6.45) is 3.64. The standard InChI is InChI=1S/C32H42ClN3O5S2/c1-31(2,3)41-25(37)19-40-27-26(33)28(43-29(27)30(38)39-6)21-12-9-14-23(17-21)35-24(18-32(4,5)36-42)15-8-11-20-10-7-13-22(34)16-20/h7,9-10,12-14,16-17,24,35-36,42H,8,11,15,18-19,34H2,1-6H3. The van der Waals surface area contributed by atoms with Crippen molar-refractivity contribution in [2.24, 2.45) is 0 Å². The van der Waals surface area contributed by atoms with Crippen molar-refractivity contribution in [1.29, 1.82) is 0 Å². The van der Waals surface area contributed by atoms with Crippen LogP contribution in [0.2, 0.25) is 5.02 Å². The lowest BCUT2D eigenvalue weighted by Gasteiger charge is -2.30. The van der Waals surface area contributed by atoms with Gasteiger partial charge in [-0.1, -0.05) is 48.7 Å². The Bertz CT molecular complexity index is 1400. The first-order valence-corrected chi connectivity index (χ1v) is 15.7. The molecule has 3 rings (SSSR count). The number of hydrogen-bond acceptors (Lipinski definition) is 10. The van der Waals surface area contributed by atoms with Gasteiger partial charge in [-0.2, -0.15) is 0 Å². The third-order valence-corrected chi connectivity index (χ3v) is 8.74. The number of nitrogen functional groups attached to an aromatic ring is 1. The Hall–Kier alpha value is -2.92. The Morgan fingerprint density at radius 2 is 1.81 bits per heavy atom. The van der Waals surface area contributed by atoms with Crippen LogP contribution in [0, 0.1) is 0 Å². The van der Waals surface area contributed by atoms with Gasteiger partial charge in [0.15, 0.2) is 17.2 Å². The predicted molar refractivity (Wildman–Crippen MR) is 179 cm³/mol. The van der Waals surface area contributed by atoms with E-state index >= 15 is 0 Å². The number of carbonyl (C=O) groups is 2. The van der Waals surface area contributed by atoms with Crippen LogP contribution >= 0.6 is 35.8 Å². The number of rotatable bonds is 14. The molecular formula is C32H42ClN3O5S2. The summed E-state index contributed by atoms with van der Waals surface area (Å²) < 4.78 is 19.1. The Morgan fingerprint density at radius 1 is 1.09 bits per heavy atom. The molecule has 11 heteroatoms. The summed E-state index contributed by atoms with van der Waals surface area (Å²) >= 11 is 12.3. The molecule has 2 aromatic carbocycles. The summed E-state index contributed by atoms with van der Waals surface area (Å²) in [4.78, 5) is 25.7. The Balaban J connectivity index is 1.83. The first-order valence-electron chi connectivity index (χ1n) is 14.1. The van der Waals surface area contributed by atoms with E-state index in [1.54, 1.807) is 20.8 Å². The van der Waals surface area contributed by atoms with Gasteiger partial charge in [0.2, 0.25) is 0 Å². The van der Waals surface area contributed by atoms with Crippen LogP contribution in [-0.2, 0) is 20.7 Å². The van der Waals surface area contributed by atoms with Gasteiger partial charge in [0.25, 0.3) is 0 Å². The molecule has 3 aromatic rings. The molecule has 43 heavy (non-hydrogen) atoms. The van der Waals surface area contributed by atoms with Crippen LogP contribution in [0.15, 0.2) is 48.5 Å². The van der Waals surface area contributed by atoms with E-state index < -0.39 is 24.1 Å². The van der Waals surface area contributed by atoms with E-state index in [-0.39, 0.29) is 27.2 Å². The second-order valence-electron chi connectivity index (χ2n) is 12.0. The monoisotopic (exact) mass is 647 g/mol. The molecule has 0 aliphatic carbocycles. The maximum absolute atomic E-state index is 12.6. The minimum absolute atomic E-state index is 0.0961. The molecule has 0 aliphatic heterocycles. The van der Waals surface area contributed by atoms with Crippen LogP contribution in [0.3, 0.4) is 0 Å². The SMILES string of the molecule is COC(=O)c1sc(-c2cccc(NC(CCCc3cccc(N)c3)CC(C)(C)NS)c2)c(Cl)c1OCC(=O)OC(C)(C)C. The van der Waals surface area contributed by atoms with Crippen molar-refractivity contribution >= 4 is 59.1 Å². The second-order valence-corrected chi connectivity index (χ2v) is 13.7. The maximum atomic E-state index is 12.6. The smallest absolute Gasteiger partial charge is 0.351 e. The zero-order valence-electron chi connectivity index (χ0n) is 25.6. The summed E-state index contributed by atoms with van der Waals surface area (Å²) in [6, 6.07) is 16.0. The largest absolute Gasteiger partial charge is 0.479 e. The Labute approximate surface area is 269 Å². The van der Waals surface area contributed by atoms with E-state index in [0.717, 1.165) is 54.0 Å². The van der Waals surface area contributed by atoms with Crippen molar-refractivity contribution in [3.63, 3.8) is 0 Å². The van der Waals surface area contributed by atoms with Crippen molar-refractivity contribution < 1.29 is 23.8 Å². The first-order chi connectivity index (χ1) is 20.2. The molecule has 0 amide bonds. The van der Waals surface area contributed by atoms with E-state index in [0.29, 0.717) is 4.88 Å². The lowest BCUT2D eigenvalue weighted by molar-refractivity contribution is -0.157. The molecule has 0 saturated heterocycles. The molecule has 0 fully saturated rings. The number of halogens is 1. The molecule has 0 spiro atoms. The number of aryl methyl sites for hydroxylation is 1. The zero-order chi connectivity index (χ0) is 31.8. The molecule has 1 aromatic heterocycles. The number of benzene rings is 2. The van der Waals surface area contributed by atoms with Gasteiger partial charge >= 0.3 is 11.9 Å². The van der Waals surface area contributed by atoms with Crippen LogP contribution in [0.25, 0.3) is 10.4 Å². The number of thiol groups is 1. The third-order valence-electron chi connectivity index (χ3n) is 6.46. The topological polar surface area (TPSA) is 112 Å². The Kier molecular flexibility index (Phi) is 12.2. The van der Waals surface area contributed by atoms with Crippen molar-refractivity contribution in [1.82, 2.24) is 4.72 Å². The highest BCUT2D eigenvalue weighted by Crippen LogP contribution is 2.46. The Morgan fingerprint density at radius 3 is 2.47 bits per heavy atom. The van der Waals surface area contributed by atoms with Crippen molar-refractivity contribution in [2.45, 2.75) is 77.5 Å². The van der Waals surface area contributed by atoms with Crippen LogP contribution in [0.5, 0.6) is 5.75 Å². The summed E-state index contributed by atoms with van der Waals surface area (Å²) in [7, 11) is 1.28. The van der Waals surface area contributed by atoms with Gasteiger partial charge in [0.05, 0.1) is 12.0 Å². The quantitative estimate of drug-likeness (QED) is 0.0806. The number of hydrogen-bond donors (Lipinski definition) is 4. The average Bonchev–Trinajstić information content (AvgIpc) is 3.26. The number of thiophene rings is 1. The van der Waals surface area contributed by atoms with Gasteiger partial charge in [-0.05, 0) is 95.7 Å². The summed E-state index contributed by atoms with van der Waals surface area (Å²) in [6.45, 7) is 9.12. The number of nitrogens with one attached hydrogen (secondary N) is 2. The van der Waals surface area contributed by atoms with Crippen LogP contribution in [-0.4, -0.2) is 42.8 Å². The zero-order valence-corrected chi connectivity index (χ0v) is 28.1. The van der Waals surface area contributed by atoms with Crippen LogP contribution < -0.4 is 20.5 Å². The van der Waals surface area contributed by atoms with E-state index in [4.69, 9.17) is 31.5 Å². The minimum Gasteiger partial charge on any atom is -0.479 e. The summed E-state index contributed by atoms with van der Waals surface area (Å²) in [5.41, 5.74) is 8.76. The fraction of sp³-hybridized carbons (Fsp3) is 0.438. The molecule has 8 nitrogen and oxygen atoms in total. The van der Waals surface area contributed by atoms with Crippen molar-refractivity contribution in [3.05, 3.63) is 64.0 Å². The molecule has 234 valence electrons. The van der Waals surface area contributed by atoms with Gasteiger partial charge in [-0.25, -0.2) is 9.59 Å². The molecule has 0 saturated carbocycles. The molecule has 0 bridgehead atoms. The first kappa shape index (κ1) is 34.6. The summed E-state index contributed by atoms with van der Waals surface area (Å²) in [5, 5.41) is 3.92. The number of anilines is 2. The third kappa shape index (κ3) is 10.6. The normalized spacial score (nSPS) is 12.5. The van der Waals surface area contributed by atoms with Gasteiger partial charge in [-0.15, -0.1) is 11.3 Å². The fourth-order valence-corrected chi connectivity index (χ4v) is 6.19. The van der Waals surface area contributed by atoms with Crippen molar-refractivity contribution in [3.8, 4) is 16.2 Å². The predicted octanol–water partition coefficient (Wildman–Crippen LogP) is 7.56. The number of methoxy groups -OCH3 is 1. The number of nitrogens with two attached hydrogens (primary N) is 1. The minimum atomic E-state index is -0.672. The molecule has 1 atom stereocenters. The molecule has 1 unspecified atom stereocenters. The number of ether oxygens (including phenoxy) is 3. The molecule has 0 radical (unpaired) electrons. The second kappa shape index (κ2) is 15.2. The lowest BCUT2D eigenvalue weighted by Crippen LogP contribution is -2.39. The van der Waals surface area contributed by atoms with E-state index in [1.807, 2.05) is 42.5 Å². The molecule has 1 heterocycles. The molecule has 0 aliphatic rings. The van der Waals surface area contributed by atoms with E-state index in [1.165, 1.54) is 12.7 Å².